The van der Waals surface area contributed by atoms with Crippen LogP contribution in [-0.4, -0.2) is 62.9 Å². The lowest BCUT2D eigenvalue weighted by Gasteiger charge is -2.34. The predicted octanol–water partition coefficient (Wildman–Crippen LogP) is 5.26. The Kier molecular flexibility index (Phi) is 7.75. The standard InChI is InChI=1S/C34H35FN6O3/c35-28-16-22(18-36)3-4-26(28)19-40-12-1-2-24-5-7-29(38-33(24)40)23-9-13-39(14-10-23)21-32-37-30-8-6-25(34(42)43)17-31(30)41(32)20-27-11-15-44-27/h3-8,16-17,23,27H,1-2,9-15,19-21H2,(H,42,43). The fraction of sp³-hybridized carbons (Fsp3) is 0.412. The lowest BCUT2D eigenvalue weighted by atomic mass is 9.92. The molecule has 0 bridgehead atoms. The number of aryl methyl sites for hydroxylation is 1. The molecule has 2 fully saturated rings. The second kappa shape index (κ2) is 12.0. The third-order valence-corrected chi connectivity index (χ3v) is 9.32. The molecule has 0 aliphatic carbocycles. The first kappa shape index (κ1) is 28.4. The lowest BCUT2D eigenvalue weighted by Crippen LogP contribution is -2.35. The molecule has 4 aromatic rings. The number of piperidine rings is 1. The molecule has 9 nitrogen and oxygen atoms in total. The van der Waals surface area contributed by atoms with Gasteiger partial charge in [-0.25, -0.2) is 19.2 Å². The Morgan fingerprint density at radius 2 is 1.89 bits per heavy atom. The second-order valence-electron chi connectivity index (χ2n) is 12.1. The Labute approximate surface area is 255 Å². The highest BCUT2D eigenvalue weighted by Gasteiger charge is 2.28. The highest BCUT2D eigenvalue weighted by Crippen LogP contribution is 2.33. The first-order valence-electron chi connectivity index (χ1n) is 15.4. The molecule has 2 aromatic heterocycles. The fourth-order valence-electron chi connectivity index (χ4n) is 6.71. The van der Waals surface area contributed by atoms with Crippen molar-refractivity contribution in [2.24, 2.45) is 0 Å². The molecule has 10 heteroatoms. The van der Waals surface area contributed by atoms with E-state index in [-0.39, 0.29) is 17.5 Å². The number of aromatic carboxylic acids is 1. The van der Waals surface area contributed by atoms with Gasteiger partial charge in [-0.2, -0.15) is 5.26 Å². The number of anilines is 1. The van der Waals surface area contributed by atoms with Gasteiger partial charge in [0.05, 0.1) is 47.4 Å². The van der Waals surface area contributed by atoms with Crippen molar-refractivity contribution in [2.45, 2.75) is 63.8 Å². The number of carboxylic acid groups (broad SMARTS) is 1. The molecule has 0 spiro atoms. The molecular formula is C34H35FN6O3. The molecule has 2 saturated heterocycles. The Morgan fingerprint density at radius 1 is 1.05 bits per heavy atom. The molecule has 3 aliphatic rings. The maximum absolute atomic E-state index is 14.7. The summed E-state index contributed by atoms with van der Waals surface area (Å²) in [4.78, 5) is 26.3. The van der Waals surface area contributed by atoms with Crippen LogP contribution in [0.3, 0.4) is 0 Å². The number of carboxylic acids is 1. The minimum Gasteiger partial charge on any atom is -0.478 e. The summed E-state index contributed by atoms with van der Waals surface area (Å²) in [5.41, 5.74) is 5.11. The van der Waals surface area contributed by atoms with Gasteiger partial charge in [-0.05, 0) is 87.2 Å². The molecule has 1 unspecified atom stereocenters. The predicted molar refractivity (Wildman–Crippen MR) is 163 cm³/mol. The number of ether oxygens (including phenoxy) is 1. The van der Waals surface area contributed by atoms with Crippen LogP contribution >= 0.6 is 0 Å². The molecule has 0 saturated carbocycles. The quantitative estimate of drug-likeness (QED) is 0.294. The summed E-state index contributed by atoms with van der Waals surface area (Å²) in [6, 6.07) is 16.2. The van der Waals surface area contributed by atoms with Gasteiger partial charge in [0.1, 0.15) is 17.5 Å². The van der Waals surface area contributed by atoms with Gasteiger partial charge >= 0.3 is 5.97 Å². The van der Waals surface area contributed by atoms with Crippen LogP contribution < -0.4 is 4.90 Å². The van der Waals surface area contributed by atoms with Crippen LogP contribution in [0.4, 0.5) is 10.2 Å². The van der Waals surface area contributed by atoms with Crippen LogP contribution in [0.1, 0.15) is 70.2 Å². The summed E-state index contributed by atoms with van der Waals surface area (Å²) < 4.78 is 22.6. The number of nitriles is 1. The van der Waals surface area contributed by atoms with Crippen LogP contribution in [-0.2, 0) is 30.8 Å². The molecule has 0 radical (unpaired) electrons. The molecule has 1 atom stereocenters. The fourth-order valence-corrected chi connectivity index (χ4v) is 6.71. The van der Waals surface area contributed by atoms with Crippen molar-refractivity contribution in [3.8, 4) is 6.07 Å². The van der Waals surface area contributed by atoms with E-state index in [0.29, 0.717) is 36.7 Å². The summed E-state index contributed by atoms with van der Waals surface area (Å²) in [6.45, 7) is 5.20. The van der Waals surface area contributed by atoms with E-state index >= 15 is 0 Å². The van der Waals surface area contributed by atoms with Crippen LogP contribution in [0.5, 0.6) is 0 Å². The molecule has 226 valence electrons. The molecule has 2 aromatic carbocycles. The molecule has 7 rings (SSSR count). The first-order valence-corrected chi connectivity index (χ1v) is 15.4. The van der Waals surface area contributed by atoms with Crippen molar-refractivity contribution in [3.63, 3.8) is 0 Å². The number of carbonyl (C=O) groups is 1. The number of imidazole rings is 1. The summed E-state index contributed by atoms with van der Waals surface area (Å²) in [5.74, 6) is 0.938. The smallest absolute Gasteiger partial charge is 0.335 e. The second-order valence-corrected chi connectivity index (χ2v) is 12.1. The zero-order valence-electron chi connectivity index (χ0n) is 24.6. The van der Waals surface area contributed by atoms with E-state index in [1.807, 2.05) is 6.07 Å². The molecule has 1 N–H and O–H groups in total. The zero-order valence-corrected chi connectivity index (χ0v) is 24.6. The van der Waals surface area contributed by atoms with E-state index in [2.05, 4.69) is 26.5 Å². The number of hydrogen-bond acceptors (Lipinski definition) is 7. The van der Waals surface area contributed by atoms with Crippen LogP contribution in [0.15, 0.2) is 48.5 Å². The number of pyridine rings is 1. The maximum Gasteiger partial charge on any atom is 0.335 e. The van der Waals surface area contributed by atoms with E-state index in [0.717, 1.165) is 86.7 Å². The van der Waals surface area contributed by atoms with Gasteiger partial charge in [0, 0.05) is 36.9 Å². The Bertz CT molecular complexity index is 1750. The van der Waals surface area contributed by atoms with E-state index in [9.17, 15) is 14.3 Å². The van der Waals surface area contributed by atoms with Crippen molar-refractivity contribution < 1.29 is 19.0 Å². The minimum absolute atomic E-state index is 0.133. The monoisotopic (exact) mass is 594 g/mol. The van der Waals surface area contributed by atoms with Crippen molar-refractivity contribution in [2.75, 3.05) is 31.1 Å². The van der Waals surface area contributed by atoms with Crippen molar-refractivity contribution in [1.29, 1.82) is 5.26 Å². The number of halogens is 1. The number of nitrogens with zero attached hydrogens (tertiary/aromatic N) is 6. The van der Waals surface area contributed by atoms with E-state index in [1.54, 1.807) is 30.3 Å². The van der Waals surface area contributed by atoms with Gasteiger partial charge in [-0.15, -0.1) is 0 Å². The largest absolute Gasteiger partial charge is 0.478 e. The number of likely N-dealkylation sites (tertiary alicyclic amines) is 1. The average molecular weight is 595 g/mol. The minimum atomic E-state index is -0.941. The Morgan fingerprint density at radius 3 is 2.61 bits per heavy atom. The van der Waals surface area contributed by atoms with Gasteiger partial charge in [0.15, 0.2) is 0 Å². The average Bonchev–Trinajstić information content (AvgIpc) is 3.35. The lowest BCUT2D eigenvalue weighted by molar-refractivity contribution is -0.0592. The number of benzene rings is 2. The topological polar surface area (TPSA) is 108 Å². The van der Waals surface area contributed by atoms with Gasteiger partial charge in [-0.3, -0.25) is 4.90 Å². The zero-order chi connectivity index (χ0) is 30.2. The summed E-state index contributed by atoms with van der Waals surface area (Å²) in [6.07, 6.45) is 5.05. The Balaban J connectivity index is 1.05. The normalized spacial score (nSPS) is 19.0. The van der Waals surface area contributed by atoms with E-state index < -0.39 is 5.97 Å². The third kappa shape index (κ3) is 5.65. The number of hydrogen-bond donors (Lipinski definition) is 1. The van der Waals surface area contributed by atoms with Crippen molar-refractivity contribution >= 4 is 22.8 Å². The van der Waals surface area contributed by atoms with Gasteiger partial charge in [0.2, 0.25) is 0 Å². The van der Waals surface area contributed by atoms with Crippen LogP contribution in [0.2, 0.25) is 0 Å². The van der Waals surface area contributed by atoms with Crippen LogP contribution in [0.25, 0.3) is 11.0 Å². The summed E-state index contributed by atoms with van der Waals surface area (Å²) >= 11 is 0. The highest BCUT2D eigenvalue weighted by molar-refractivity contribution is 5.92. The molecule has 0 amide bonds. The summed E-state index contributed by atoms with van der Waals surface area (Å²) in [5, 5.41) is 18.6. The van der Waals surface area contributed by atoms with Gasteiger partial charge in [0.25, 0.3) is 0 Å². The number of rotatable bonds is 8. The molecule has 5 heterocycles. The van der Waals surface area contributed by atoms with Crippen molar-refractivity contribution in [1.82, 2.24) is 19.4 Å². The maximum atomic E-state index is 14.7. The molecule has 3 aliphatic heterocycles. The SMILES string of the molecule is N#Cc1ccc(CN2CCCc3ccc(C4CCN(Cc5nc6ccc(C(=O)O)cc6n5CC5CCO5)CC4)nc32)c(F)c1. The van der Waals surface area contributed by atoms with Gasteiger partial charge < -0.3 is 19.3 Å². The first-order chi connectivity index (χ1) is 21.4. The molecular weight excluding hydrogens is 559 g/mol. The third-order valence-electron chi connectivity index (χ3n) is 9.32. The van der Waals surface area contributed by atoms with Gasteiger partial charge in [-0.1, -0.05) is 12.1 Å². The Hall–Kier alpha value is -4.33. The number of aromatic nitrogens is 3. The summed E-state index contributed by atoms with van der Waals surface area (Å²) in [7, 11) is 0. The van der Waals surface area contributed by atoms with Crippen molar-refractivity contribution in [3.05, 3.63) is 88.1 Å². The number of fused-ring (bicyclic) bond motifs is 2. The van der Waals surface area contributed by atoms with E-state index in [1.165, 1.54) is 11.6 Å². The highest BCUT2D eigenvalue weighted by atomic mass is 19.1. The van der Waals surface area contributed by atoms with Crippen LogP contribution in [0, 0.1) is 17.1 Å². The molecule has 44 heavy (non-hydrogen) atoms. The van der Waals surface area contributed by atoms with E-state index in [4.69, 9.17) is 20.0 Å².